The van der Waals surface area contributed by atoms with Crippen LogP contribution in [0.25, 0.3) is 0 Å². The molecule has 18 heavy (non-hydrogen) atoms. The van der Waals surface area contributed by atoms with Crippen LogP contribution in [0.3, 0.4) is 0 Å². The summed E-state index contributed by atoms with van der Waals surface area (Å²) in [5, 5.41) is 12.4. The summed E-state index contributed by atoms with van der Waals surface area (Å²) in [4.78, 5) is 6.50. The molecular formula is C13H21N3O2. The van der Waals surface area contributed by atoms with Gasteiger partial charge in [-0.2, -0.15) is 0 Å². The molecule has 1 aromatic rings. The number of hydrogen-bond acceptors (Lipinski definition) is 5. The Bertz CT molecular complexity index is 386. The first kappa shape index (κ1) is 13.1. The maximum Gasteiger partial charge on any atom is 0.127 e. The fourth-order valence-electron chi connectivity index (χ4n) is 2.25. The van der Waals surface area contributed by atoms with Crippen molar-refractivity contribution in [1.29, 1.82) is 0 Å². The summed E-state index contributed by atoms with van der Waals surface area (Å²) in [7, 11) is 0. The van der Waals surface area contributed by atoms with Crippen LogP contribution in [0.2, 0.25) is 0 Å². The van der Waals surface area contributed by atoms with E-state index in [0.29, 0.717) is 0 Å². The normalized spacial score (nSPS) is 24.1. The zero-order chi connectivity index (χ0) is 13.0. The predicted octanol–water partition coefficient (Wildman–Crippen LogP) is 1.10. The van der Waals surface area contributed by atoms with Crippen molar-refractivity contribution in [2.75, 3.05) is 36.5 Å². The summed E-state index contributed by atoms with van der Waals surface area (Å²) in [6.45, 7) is 6.55. The van der Waals surface area contributed by atoms with Gasteiger partial charge in [0.2, 0.25) is 0 Å². The lowest BCUT2D eigenvalue weighted by atomic mass is 10.2. The zero-order valence-corrected chi connectivity index (χ0v) is 11.0. The van der Waals surface area contributed by atoms with Crippen molar-refractivity contribution in [3.63, 3.8) is 0 Å². The summed E-state index contributed by atoms with van der Waals surface area (Å²) >= 11 is 0. The number of hydrogen-bond donors (Lipinski definition) is 2. The van der Waals surface area contributed by atoms with Crippen molar-refractivity contribution in [1.82, 2.24) is 4.98 Å². The second kappa shape index (κ2) is 6.02. The topological polar surface area (TPSA) is 57.6 Å². The number of rotatable bonds is 4. The van der Waals surface area contributed by atoms with E-state index in [-0.39, 0.29) is 18.8 Å². The average molecular weight is 251 g/mol. The van der Waals surface area contributed by atoms with Gasteiger partial charge in [0.05, 0.1) is 18.8 Å². The lowest BCUT2D eigenvalue weighted by Crippen LogP contribution is -2.48. The van der Waals surface area contributed by atoms with E-state index in [1.54, 1.807) is 6.20 Å². The highest BCUT2D eigenvalue weighted by Gasteiger charge is 2.24. The summed E-state index contributed by atoms with van der Waals surface area (Å²) < 4.78 is 5.64. The Hall–Kier alpha value is -1.33. The van der Waals surface area contributed by atoms with Crippen molar-refractivity contribution in [2.45, 2.75) is 26.1 Å². The molecule has 100 valence electrons. The van der Waals surface area contributed by atoms with E-state index in [1.165, 1.54) is 0 Å². The lowest BCUT2D eigenvalue weighted by Gasteiger charge is -2.37. The molecule has 2 atom stereocenters. The molecule has 0 aromatic carbocycles. The smallest absolute Gasteiger partial charge is 0.127 e. The molecule has 0 amide bonds. The quantitative estimate of drug-likeness (QED) is 0.839. The first-order valence-electron chi connectivity index (χ1n) is 6.44. The second-order valence-electron chi connectivity index (χ2n) is 4.59. The number of nitrogens with one attached hydrogen (secondary N) is 1. The second-order valence-corrected chi connectivity index (χ2v) is 4.59. The molecule has 1 saturated heterocycles. The molecule has 0 aliphatic carbocycles. The van der Waals surface area contributed by atoms with Crippen LogP contribution in [0.1, 0.15) is 13.8 Å². The number of nitrogens with zero attached hydrogens (tertiary/aromatic N) is 2. The number of aliphatic hydroxyl groups excluding tert-OH is 1. The molecule has 5 nitrogen and oxygen atoms in total. The molecule has 5 heteroatoms. The van der Waals surface area contributed by atoms with Gasteiger partial charge >= 0.3 is 0 Å². The fraction of sp³-hybridized carbons (Fsp3) is 0.615. The minimum atomic E-state index is -0.107. The number of morpholine rings is 1. The zero-order valence-electron chi connectivity index (χ0n) is 11.0. The van der Waals surface area contributed by atoms with E-state index in [1.807, 2.05) is 26.0 Å². The number of anilines is 2. The number of aromatic nitrogens is 1. The largest absolute Gasteiger partial charge is 0.394 e. The van der Waals surface area contributed by atoms with Gasteiger partial charge in [-0.05, 0) is 19.9 Å². The highest BCUT2D eigenvalue weighted by molar-refractivity contribution is 5.54. The third kappa shape index (κ3) is 3.11. The molecule has 2 rings (SSSR count). The maximum atomic E-state index is 9.24. The van der Waals surface area contributed by atoms with E-state index in [4.69, 9.17) is 4.74 Å². The van der Waals surface area contributed by atoms with Gasteiger partial charge in [0.15, 0.2) is 0 Å². The Labute approximate surface area is 108 Å². The average Bonchev–Trinajstić information content (AvgIpc) is 2.39. The van der Waals surface area contributed by atoms with Crippen LogP contribution in [0.4, 0.5) is 11.5 Å². The van der Waals surface area contributed by atoms with E-state index in [2.05, 4.69) is 15.2 Å². The van der Waals surface area contributed by atoms with Crippen LogP contribution in [0.15, 0.2) is 18.3 Å². The van der Waals surface area contributed by atoms with Crippen LogP contribution in [-0.2, 0) is 4.74 Å². The molecule has 1 fully saturated rings. The summed E-state index contributed by atoms with van der Waals surface area (Å²) in [5.74, 6) is 0.884. The van der Waals surface area contributed by atoms with Gasteiger partial charge in [-0.1, -0.05) is 0 Å². The molecule has 0 radical (unpaired) electrons. The molecule has 2 heterocycles. The summed E-state index contributed by atoms with van der Waals surface area (Å²) in [5.41, 5.74) is 1.12. The molecule has 0 bridgehead atoms. The van der Waals surface area contributed by atoms with Crippen LogP contribution < -0.4 is 10.2 Å². The molecule has 1 aromatic heterocycles. The fourth-order valence-corrected chi connectivity index (χ4v) is 2.25. The van der Waals surface area contributed by atoms with E-state index < -0.39 is 0 Å². The van der Waals surface area contributed by atoms with Gasteiger partial charge in [0, 0.05) is 37.6 Å². The number of aliphatic hydroxyl groups is 1. The van der Waals surface area contributed by atoms with Gasteiger partial charge < -0.3 is 20.1 Å². The van der Waals surface area contributed by atoms with E-state index in [0.717, 1.165) is 31.1 Å². The molecule has 2 unspecified atom stereocenters. The van der Waals surface area contributed by atoms with Crippen molar-refractivity contribution in [3.05, 3.63) is 18.3 Å². The monoisotopic (exact) mass is 251 g/mol. The Kier molecular flexibility index (Phi) is 4.38. The molecule has 0 saturated carbocycles. The van der Waals surface area contributed by atoms with Crippen molar-refractivity contribution in [2.24, 2.45) is 0 Å². The lowest BCUT2D eigenvalue weighted by molar-refractivity contribution is -0.0421. The first-order valence-corrected chi connectivity index (χ1v) is 6.44. The SMILES string of the molecule is CCNc1cc(N2CC(C)OC(CO)C2)ccn1. The van der Waals surface area contributed by atoms with E-state index in [9.17, 15) is 5.11 Å². The van der Waals surface area contributed by atoms with Crippen LogP contribution >= 0.6 is 0 Å². The van der Waals surface area contributed by atoms with Gasteiger partial charge in [-0.3, -0.25) is 0 Å². The molecule has 0 spiro atoms. The molecule has 1 aliphatic heterocycles. The predicted molar refractivity (Wildman–Crippen MR) is 72.0 cm³/mol. The minimum Gasteiger partial charge on any atom is -0.394 e. The van der Waals surface area contributed by atoms with Crippen molar-refractivity contribution in [3.8, 4) is 0 Å². The third-order valence-electron chi connectivity index (χ3n) is 3.00. The summed E-state index contributed by atoms with van der Waals surface area (Å²) in [6, 6.07) is 4.03. The van der Waals surface area contributed by atoms with Crippen molar-refractivity contribution >= 4 is 11.5 Å². The molecular weight excluding hydrogens is 230 g/mol. The van der Waals surface area contributed by atoms with Gasteiger partial charge in [0.25, 0.3) is 0 Å². The summed E-state index contributed by atoms with van der Waals surface area (Å²) in [6.07, 6.45) is 1.83. The van der Waals surface area contributed by atoms with Gasteiger partial charge in [-0.15, -0.1) is 0 Å². The van der Waals surface area contributed by atoms with Crippen LogP contribution in [-0.4, -0.2) is 48.5 Å². The van der Waals surface area contributed by atoms with Gasteiger partial charge in [0.1, 0.15) is 5.82 Å². The van der Waals surface area contributed by atoms with Crippen LogP contribution in [0.5, 0.6) is 0 Å². The molecule has 1 aliphatic rings. The number of ether oxygens (including phenoxy) is 1. The maximum absolute atomic E-state index is 9.24. The van der Waals surface area contributed by atoms with E-state index >= 15 is 0 Å². The standard InChI is InChI=1S/C13H21N3O2/c1-3-14-13-6-11(4-5-15-13)16-7-10(2)18-12(8-16)9-17/h4-6,10,12,17H,3,7-9H2,1-2H3,(H,14,15). The number of pyridine rings is 1. The van der Waals surface area contributed by atoms with Crippen molar-refractivity contribution < 1.29 is 9.84 Å². The molecule has 2 N–H and O–H groups in total. The Morgan fingerprint density at radius 1 is 1.56 bits per heavy atom. The highest BCUT2D eigenvalue weighted by Crippen LogP contribution is 2.21. The third-order valence-corrected chi connectivity index (χ3v) is 3.00. The highest BCUT2D eigenvalue weighted by atomic mass is 16.5. The van der Waals surface area contributed by atoms with Crippen LogP contribution in [0, 0.1) is 0 Å². The first-order chi connectivity index (χ1) is 8.72. The Balaban J connectivity index is 2.11. The van der Waals surface area contributed by atoms with Gasteiger partial charge in [-0.25, -0.2) is 4.98 Å². The minimum absolute atomic E-state index is 0.0615. The Morgan fingerprint density at radius 2 is 2.39 bits per heavy atom. The Morgan fingerprint density at radius 3 is 3.11 bits per heavy atom.